The average Bonchev–Trinajstić information content (AvgIpc) is 2.74. The molecule has 0 aliphatic heterocycles. The summed E-state index contributed by atoms with van der Waals surface area (Å²) in [5.41, 5.74) is 6.15. The lowest BCUT2D eigenvalue weighted by Crippen LogP contribution is -2.21. The summed E-state index contributed by atoms with van der Waals surface area (Å²) in [5.74, 6) is 0. The Hall–Kier alpha value is -1.61. The highest BCUT2D eigenvalue weighted by Crippen LogP contribution is 2.25. The normalized spacial score (nSPS) is 11.2. The van der Waals surface area contributed by atoms with Gasteiger partial charge < -0.3 is 5.32 Å². The van der Waals surface area contributed by atoms with Crippen molar-refractivity contribution in [2.75, 3.05) is 0 Å². The van der Waals surface area contributed by atoms with Crippen LogP contribution in [0.3, 0.4) is 0 Å². The van der Waals surface area contributed by atoms with E-state index in [2.05, 4.69) is 61.4 Å². The van der Waals surface area contributed by atoms with Crippen molar-refractivity contribution in [2.24, 2.45) is 0 Å². The molecule has 0 saturated heterocycles. The molecule has 3 nitrogen and oxygen atoms in total. The highest BCUT2D eigenvalue weighted by atomic mass is 15.1. The molecule has 2 aromatic rings. The standard InChI is InChI=1S/C15H21N3/c1-10(2)16-8-13-9-17-18-15(13)14-6-5-11(3)7-12(14)4/h5-7,9-10,16H,8H2,1-4H3,(H,17,18). The Morgan fingerprint density at radius 3 is 2.72 bits per heavy atom. The quantitative estimate of drug-likeness (QED) is 0.865. The van der Waals surface area contributed by atoms with Crippen LogP contribution in [0.1, 0.15) is 30.5 Å². The number of aromatic amines is 1. The summed E-state index contributed by atoms with van der Waals surface area (Å²) in [6.45, 7) is 9.40. The Balaban J connectivity index is 2.30. The molecular weight excluding hydrogens is 222 g/mol. The first-order valence-corrected chi connectivity index (χ1v) is 6.41. The second-order valence-corrected chi connectivity index (χ2v) is 5.12. The van der Waals surface area contributed by atoms with E-state index in [9.17, 15) is 0 Å². The maximum absolute atomic E-state index is 4.17. The van der Waals surface area contributed by atoms with E-state index in [-0.39, 0.29) is 0 Å². The van der Waals surface area contributed by atoms with Crippen LogP contribution in [-0.4, -0.2) is 16.2 Å². The molecule has 0 fully saturated rings. The van der Waals surface area contributed by atoms with Gasteiger partial charge in [-0.2, -0.15) is 5.10 Å². The first-order valence-electron chi connectivity index (χ1n) is 6.41. The van der Waals surface area contributed by atoms with Gasteiger partial charge in [-0.05, 0) is 19.4 Å². The van der Waals surface area contributed by atoms with Crippen LogP contribution in [0, 0.1) is 13.8 Å². The third-order valence-corrected chi connectivity index (χ3v) is 3.07. The summed E-state index contributed by atoms with van der Waals surface area (Å²) < 4.78 is 0. The number of hydrogen-bond donors (Lipinski definition) is 2. The number of nitrogens with zero attached hydrogens (tertiary/aromatic N) is 1. The van der Waals surface area contributed by atoms with Crippen molar-refractivity contribution in [3.63, 3.8) is 0 Å². The van der Waals surface area contributed by atoms with Gasteiger partial charge in [-0.25, -0.2) is 0 Å². The fourth-order valence-electron chi connectivity index (χ4n) is 2.09. The highest BCUT2D eigenvalue weighted by molar-refractivity contribution is 5.66. The first-order chi connectivity index (χ1) is 8.58. The first kappa shape index (κ1) is 12.8. The molecule has 96 valence electrons. The molecule has 0 spiro atoms. The number of H-pyrrole nitrogens is 1. The molecule has 0 unspecified atom stereocenters. The van der Waals surface area contributed by atoms with E-state index in [4.69, 9.17) is 0 Å². The molecule has 0 bridgehead atoms. The van der Waals surface area contributed by atoms with Gasteiger partial charge in [0.1, 0.15) is 0 Å². The maximum Gasteiger partial charge on any atom is 0.0697 e. The van der Waals surface area contributed by atoms with Crippen molar-refractivity contribution in [1.82, 2.24) is 15.5 Å². The molecule has 2 rings (SSSR count). The van der Waals surface area contributed by atoms with Gasteiger partial charge in [0.25, 0.3) is 0 Å². The van der Waals surface area contributed by atoms with Gasteiger partial charge in [0.05, 0.1) is 11.9 Å². The number of benzene rings is 1. The largest absolute Gasteiger partial charge is 0.310 e. The van der Waals surface area contributed by atoms with Crippen molar-refractivity contribution >= 4 is 0 Å². The lowest BCUT2D eigenvalue weighted by atomic mass is 10.0. The number of aryl methyl sites for hydroxylation is 2. The van der Waals surface area contributed by atoms with E-state index < -0.39 is 0 Å². The number of hydrogen-bond acceptors (Lipinski definition) is 2. The molecule has 0 amide bonds. The summed E-state index contributed by atoms with van der Waals surface area (Å²) in [7, 11) is 0. The Bertz CT molecular complexity index is 526. The van der Waals surface area contributed by atoms with Crippen LogP contribution in [0.25, 0.3) is 11.3 Å². The number of nitrogens with one attached hydrogen (secondary N) is 2. The zero-order chi connectivity index (χ0) is 13.1. The summed E-state index contributed by atoms with van der Waals surface area (Å²) in [4.78, 5) is 0. The number of aromatic nitrogens is 2. The van der Waals surface area contributed by atoms with Crippen LogP contribution >= 0.6 is 0 Å². The SMILES string of the molecule is Cc1ccc(-c2[nH]ncc2CNC(C)C)c(C)c1. The Morgan fingerprint density at radius 2 is 2.06 bits per heavy atom. The molecule has 18 heavy (non-hydrogen) atoms. The third-order valence-electron chi connectivity index (χ3n) is 3.07. The van der Waals surface area contributed by atoms with Crippen LogP contribution in [0.15, 0.2) is 24.4 Å². The Kier molecular flexibility index (Phi) is 3.82. The topological polar surface area (TPSA) is 40.7 Å². The molecular formula is C15H21N3. The second-order valence-electron chi connectivity index (χ2n) is 5.12. The highest BCUT2D eigenvalue weighted by Gasteiger charge is 2.10. The minimum atomic E-state index is 0.479. The van der Waals surface area contributed by atoms with E-state index in [1.165, 1.54) is 22.3 Å². The molecule has 0 aliphatic carbocycles. The molecule has 0 saturated carbocycles. The van der Waals surface area contributed by atoms with Gasteiger partial charge in [0.2, 0.25) is 0 Å². The summed E-state index contributed by atoms with van der Waals surface area (Å²) in [5, 5.41) is 10.7. The molecule has 3 heteroatoms. The van der Waals surface area contributed by atoms with Gasteiger partial charge in [-0.15, -0.1) is 0 Å². The molecule has 2 N–H and O–H groups in total. The van der Waals surface area contributed by atoms with Crippen LogP contribution in [-0.2, 0) is 6.54 Å². The van der Waals surface area contributed by atoms with E-state index in [1.807, 2.05) is 6.20 Å². The van der Waals surface area contributed by atoms with Crippen molar-refractivity contribution in [3.8, 4) is 11.3 Å². The fourth-order valence-corrected chi connectivity index (χ4v) is 2.09. The fraction of sp³-hybridized carbons (Fsp3) is 0.400. The van der Waals surface area contributed by atoms with Crippen LogP contribution in [0.5, 0.6) is 0 Å². The zero-order valence-electron chi connectivity index (χ0n) is 11.5. The molecule has 1 aromatic carbocycles. The van der Waals surface area contributed by atoms with Crippen LogP contribution < -0.4 is 5.32 Å². The van der Waals surface area contributed by atoms with E-state index in [0.717, 1.165) is 12.2 Å². The Labute approximate surface area is 109 Å². The molecule has 1 heterocycles. The van der Waals surface area contributed by atoms with Gasteiger partial charge in [0.15, 0.2) is 0 Å². The zero-order valence-corrected chi connectivity index (χ0v) is 11.5. The molecule has 0 atom stereocenters. The lowest BCUT2D eigenvalue weighted by molar-refractivity contribution is 0.589. The van der Waals surface area contributed by atoms with Gasteiger partial charge in [-0.1, -0.05) is 37.6 Å². The molecule has 0 radical (unpaired) electrons. The minimum absolute atomic E-state index is 0.479. The molecule has 0 aliphatic rings. The van der Waals surface area contributed by atoms with E-state index in [0.29, 0.717) is 6.04 Å². The van der Waals surface area contributed by atoms with Gasteiger partial charge in [0, 0.05) is 23.7 Å². The van der Waals surface area contributed by atoms with Crippen molar-refractivity contribution in [1.29, 1.82) is 0 Å². The summed E-state index contributed by atoms with van der Waals surface area (Å²) in [6.07, 6.45) is 1.91. The lowest BCUT2D eigenvalue weighted by Gasteiger charge is -2.10. The predicted molar refractivity (Wildman–Crippen MR) is 75.5 cm³/mol. The van der Waals surface area contributed by atoms with Crippen LogP contribution in [0.4, 0.5) is 0 Å². The van der Waals surface area contributed by atoms with Crippen molar-refractivity contribution in [2.45, 2.75) is 40.3 Å². The summed E-state index contributed by atoms with van der Waals surface area (Å²) >= 11 is 0. The predicted octanol–water partition coefficient (Wildman–Crippen LogP) is 3.19. The minimum Gasteiger partial charge on any atom is -0.310 e. The van der Waals surface area contributed by atoms with Gasteiger partial charge >= 0.3 is 0 Å². The monoisotopic (exact) mass is 243 g/mol. The van der Waals surface area contributed by atoms with Crippen molar-refractivity contribution in [3.05, 3.63) is 41.1 Å². The third kappa shape index (κ3) is 2.79. The van der Waals surface area contributed by atoms with Crippen molar-refractivity contribution < 1.29 is 0 Å². The maximum atomic E-state index is 4.17. The van der Waals surface area contributed by atoms with Gasteiger partial charge in [-0.3, -0.25) is 5.10 Å². The smallest absolute Gasteiger partial charge is 0.0697 e. The molecule has 1 aromatic heterocycles. The summed E-state index contributed by atoms with van der Waals surface area (Å²) in [6, 6.07) is 6.99. The van der Waals surface area contributed by atoms with E-state index in [1.54, 1.807) is 0 Å². The average molecular weight is 243 g/mol. The van der Waals surface area contributed by atoms with E-state index >= 15 is 0 Å². The number of rotatable bonds is 4. The Morgan fingerprint density at radius 1 is 1.28 bits per heavy atom. The van der Waals surface area contributed by atoms with Crippen LogP contribution in [0.2, 0.25) is 0 Å². The second kappa shape index (κ2) is 5.36.